The lowest BCUT2D eigenvalue weighted by molar-refractivity contribution is 0.285. The van der Waals surface area contributed by atoms with Crippen LogP contribution in [-0.2, 0) is 16.6 Å². The molecule has 0 saturated carbocycles. The lowest BCUT2D eigenvalue weighted by atomic mass is 10.3. The van der Waals surface area contributed by atoms with Gasteiger partial charge in [0.1, 0.15) is 4.90 Å². The van der Waals surface area contributed by atoms with Crippen molar-refractivity contribution in [1.29, 1.82) is 0 Å². The first-order valence-electron chi connectivity index (χ1n) is 5.79. The molecule has 4 nitrogen and oxygen atoms in total. The molecule has 0 radical (unpaired) electrons. The highest BCUT2D eigenvalue weighted by Gasteiger charge is 2.30. The Kier molecular flexibility index (Phi) is 5.79. The molecule has 0 amide bonds. The van der Waals surface area contributed by atoms with Crippen molar-refractivity contribution in [1.82, 2.24) is 4.31 Å². The van der Waals surface area contributed by atoms with Crippen molar-refractivity contribution in [2.75, 3.05) is 6.54 Å². The molecule has 0 aliphatic carbocycles. The van der Waals surface area contributed by atoms with Crippen LogP contribution in [0.15, 0.2) is 14.7 Å². The van der Waals surface area contributed by atoms with E-state index in [9.17, 15) is 8.42 Å². The second kappa shape index (κ2) is 6.47. The molecule has 1 aromatic rings. The second-order valence-electron chi connectivity index (χ2n) is 3.97. The van der Waals surface area contributed by atoms with Gasteiger partial charge in [-0.3, -0.25) is 0 Å². The third kappa shape index (κ3) is 3.14. The molecule has 7 heteroatoms. The third-order valence-corrected chi connectivity index (χ3v) is 7.17. The highest BCUT2D eigenvalue weighted by atomic mass is 79.9. The van der Waals surface area contributed by atoms with Crippen LogP contribution < -0.4 is 0 Å². The zero-order valence-corrected chi connectivity index (χ0v) is 13.9. The number of hydrogen-bond donors (Lipinski definition) is 1. The molecule has 1 aromatic heterocycles. The maximum atomic E-state index is 12.5. The van der Waals surface area contributed by atoms with Gasteiger partial charge in [-0.25, -0.2) is 8.42 Å². The first kappa shape index (κ1) is 16.1. The normalized spacial score (nSPS) is 14.1. The van der Waals surface area contributed by atoms with E-state index in [0.717, 1.165) is 6.42 Å². The second-order valence-corrected chi connectivity index (χ2v) is 8.29. The van der Waals surface area contributed by atoms with Crippen LogP contribution in [0.3, 0.4) is 0 Å². The van der Waals surface area contributed by atoms with Crippen LogP contribution >= 0.6 is 27.3 Å². The predicted molar refractivity (Wildman–Crippen MR) is 77.3 cm³/mol. The Hall–Kier alpha value is 0.0500. The van der Waals surface area contributed by atoms with E-state index in [4.69, 9.17) is 5.11 Å². The van der Waals surface area contributed by atoms with Crippen molar-refractivity contribution in [3.05, 3.63) is 14.7 Å². The number of hydrogen-bond acceptors (Lipinski definition) is 4. The van der Waals surface area contributed by atoms with Gasteiger partial charge in [-0.15, -0.1) is 11.3 Å². The van der Waals surface area contributed by atoms with Gasteiger partial charge in [-0.05, 0) is 35.3 Å². The molecule has 104 valence electrons. The fourth-order valence-corrected chi connectivity index (χ4v) is 5.91. The van der Waals surface area contributed by atoms with Gasteiger partial charge in [-0.2, -0.15) is 4.31 Å². The molecule has 1 unspecified atom stereocenters. The van der Waals surface area contributed by atoms with Crippen LogP contribution in [-0.4, -0.2) is 30.4 Å². The molecule has 0 bridgehead atoms. The summed E-state index contributed by atoms with van der Waals surface area (Å²) in [4.78, 5) is 0.888. The van der Waals surface area contributed by atoms with Gasteiger partial charge in [-0.1, -0.05) is 13.8 Å². The smallest absolute Gasteiger partial charge is 0.245 e. The first-order chi connectivity index (χ1) is 8.38. The van der Waals surface area contributed by atoms with Crippen molar-refractivity contribution in [3.63, 3.8) is 0 Å². The number of rotatable bonds is 6. The molecule has 1 heterocycles. The van der Waals surface area contributed by atoms with E-state index in [-0.39, 0.29) is 17.5 Å². The fourth-order valence-electron chi connectivity index (χ4n) is 1.70. The van der Waals surface area contributed by atoms with Crippen LogP contribution in [0.4, 0.5) is 0 Å². The number of halogens is 1. The summed E-state index contributed by atoms with van der Waals surface area (Å²) in [6.07, 6.45) is 0.766. The van der Waals surface area contributed by atoms with E-state index in [0.29, 0.717) is 15.2 Å². The van der Waals surface area contributed by atoms with Crippen LogP contribution in [0, 0.1) is 0 Å². The van der Waals surface area contributed by atoms with Crippen molar-refractivity contribution < 1.29 is 13.5 Å². The Morgan fingerprint density at radius 3 is 2.50 bits per heavy atom. The maximum Gasteiger partial charge on any atom is 0.245 e. The number of thiophene rings is 1. The van der Waals surface area contributed by atoms with Crippen LogP contribution in [0.25, 0.3) is 0 Å². The quantitative estimate of drug-likeness (QED) is 0.853. The Balaban J connectivity index is 3.22. The Labute approximate surface area is 121 Å². The van der Waals surface area contributed by atoms with Crippen LogP contribution in [0.1, 0.15) is 32.1 Å². The minimum absolute atomic E-state index is 0.0376. The molecule has 0 spiro atoms. The Bertz CT molecular complexity index is 498. The summed E-state index contributed by atoms with van der Waals surface area (Å²) in [6.45, 7) is 5.98. The van der Waals surface area contributed by atoms with E-state index in [1.165, 1.54) is 21.7 Å². The SMILES string of the molecule is CCC(C)N(CC)S(=O)(=O)c1cc(CO)sc1Br. The summed E-state index contributed by atoms with van der Waals surface area (Å²) in [5, 5.41) is 9.07. The number of aliphatic hydroxyl groups excluding tert-OH is 1. The van der Waals surface area contributed by atoms with Gasteiger partial charge >= 0.3 is 0 Å². The number of aliphatic hydroxyl groups is 1. The predicted octanol–water partition coefficient (Wildman–Crippen LogP) is 2.81. The van der Waals surface area contributed by atoms with Gasteiger partial charge in [0, 0.05) is 17.5 Å². The van der Waals surface area contributed by atoms with Crippen LogP contribution in [0.5, 0.6) is 0 Å². The van der Waals surface area contributed by atoms with Gasteiger partial charge in [0.05, 0.1) is 10.4 Å². The average molecular weight is 356 g/mol. The summed E-state index contributed by atoms with van der Waals surface area (Å²) in [5.74, 6) is 0. The third-order valence-electron chi connectivity index (χ3n) is 2.84. The molecule has 1 N–H and O–H groups in total. The highest BCUT2D eigenvalue weighted by Crippen LogP contribution is 2.34. The first-order valence-corrected chi connectivity index (χ1v) is 8.84. The summed E-state index contributed by atoms with van der Waals surface area (Å²) < 4.78 is 27.1. The lowest BCUT2D eigenvalue weighted by Gasteiger charge is -2.26. The molecule has 0 aliphatic heterocycles. The van der Waals surface area contributed by atoms with E-state index in [1.807, 2.05) is 20.8 Å². The van der Waals surface area contributed by atoms with Crippen molar-refractivity contribution >= 4 is 37.3 Å². The van der Waals surface area contributed by atoms with Crippen molar-refractivity contribution in [3.8, 4) is 0 Å². The van der Waals surface area contributed by atoms with Gasteiger partial charge in [0.2, 0.25) is 10.0 Å². The summed E-state index contributed by atoms with van der Waals surface area (Å²) in [6, 6.07) is 1.50. The standard InChI is InChI=1S/C11H18BrNO3S2/c1-4-8(3)13(5-2)18(15,16)10-6-9(7-14)17-11(10)12/h6,8,14H,4-5,7H2,1-3H3. The minimum atomic E-state index is -3.50. The lowest BCUT2D eigenvalue weighted by Crippen LogP contribution is -2.38. The molecule has 0 aromatic carbocycles. The molecule has 0 aliphatic rings. The minimum Gasteiger partial charge on any atom is -0.391 e. The molecule has 1 rings (SSSR count). The van der Waals surface area contributed by atoms with Gasteiger partial charge in [0.15, 0.2) is 0 Å². The number of nitrogens with zero attached hydrogens (tertiary/aromatic N) is 1. The molecular weight excluding hydrogens is 338 g/mol. The topological polar surface area (TPSA) is 57.6 Å². The largest absolute Gasteiger partial charge is 0.391 e. The zero-order valence-electron chi connectivity index (χ0n) is 10.7. The fraction of sp³-hybridized carbons (Fsp3) is 0.636. The summed E-state index contributed by atoms with van der Waals surface area (Å²) in [7, 11) is -3.50. The highest BCUT2D eigenvalue weighted by molar-refractivity contribution is 9.11. The molecule has 1 atom stereocenters. The Morgan fingerprint density at radius 2 is 2.11 bits per heavy atom. The van der Waals surface area contributed by atoms with Crippen molar-refractivity contribution in [2.45, 2.75) is 44.7 Å². The van der Waals surface area contributed by atoms with Crippen LogP contribution in [0.2, 0.25) is 0 Å². The van der Waals surface area contributed by atoms with E-state index < -0.39 is 10.0 Å². The molecule has 0 fully saturated rings. The maximum absolute atomic E-state index is 12.5. The van der Waals surface area contributed by atoms with Crippen molar-refractivity contribution in [2.24, 2.45) is 0 Å². The number of sulfonamides is 1. The Morgan fingerprint density at radius 1 is 1.50 bits per heavy atom. The summed E-state index contributed by atoms with van der Waals surface area (Å²) >= 11 is 4.51. The molecule has 18 heavy (non-hydrogen) atoms. The monoisotopic (exact) mass is 355 g/mol. The van der Waals surface area contributed by atoms with E-state index in [2.05, 4.69) is 15.9 Å². The molecular formula is C11H18BrNO3S2. The van der Waals surface area contributed by atoms with Gasteiger partial charge < -0.3 is 5.11 Å². The van der Waals surface area contributed by atoms with Gasteiger partial charge in [0.25, 0.3) is 0 Å². The van der Waals surface area contributed by atoms with E-state index in [1.54, 1.807) is 0 Å². The molecule has 0 saturated heterocycles. The average Bonchev–Trinajstić information content (AvgIpc) is 2.71. The summed E-state index contributed by atoms with van der Waals surface area (Å²) in [5.41, 5.74) is 0. The zero-order chi connectivity index (χ0) is 13.9. The van der Waals surface area contributed by atoms with E-state index >= 15 is 0 Å².